The highest BCUT2D eigenvalue weighted by Gasteiger charge is 2.23. The third-order valence-corrected chi connectivity index (χ3v) is 6.96. The first-order chi connectivity index (χ1) is 12.9. The topological polar surface area (TPSA) is 65.5 Å². The summed E-state index contributed by atoms with van der Waals surface area (Å²) in [6.07, 6.45) is 0.330. The summed E-state index contributed by atoms with van der Waals surface area (Å²) < 4.78 is 1.05. The van der Waals surface area contributed by atoms with Crippen molar-refractivity contribution in [3.8, 4) is 9.88 Å². The van der Waals surface area contributed by atoms with Gasteiger partial charge < -0.3 is 10.2 Å². The van der Waals surface area contributed by atoms with Gasteiger partial charge in [0, 0.05) is 47.5 Å². The number of nitrogens with zero attached hydrogens (tertiary/aromatic N) is 3. The fraction of sp³-hybridized carbons (Fsp3) is 0.500. The average Bonchev–Trinajstić information content (AvgIpc) is 3.23. The predicted molar refractivity (Wildman–Crippen MR) is 113 cm³/mol. The number of piperazine rings is 1. The number of nitrogens with one attached hydrogen (secondary N) is 1. The lowest BCUT2D eigenvalue weighted by Gasteiger charge is -2.34. The van der Waals surface area contributed by atoms with Crippen LogP contribution in [0.2, 0.25) is 0 Å². The van der Waals surface area contributed by atoms with Crippen molar-refractivity contribution in [3.63, 3.8) is 0 Å². The Labute approximate surface area is 175 Å². The van der Waals surface area contributed by atoms with Crippen LogP contribution in [0.25, 0.3) is 9.88 Å². The number of carbonyl (C=O) groups excluding carboxylic acids is 2. The van der Waals surface area contributed by atoms with Crippen LogP contribution < -0.4 is 5.32 Å². The second-order valence-electron chi connectivity index (χ2n) is 6.83. The number of thiazole rings is 1. The molecule has 2 amide bonds. The molecule has 0 unspecified atom stereocenters. The van der Waals surface area contributed by atoms with Crippen LogP contribution >= 0.6 is 38.6 Å². The van der Waals surface area contributed by atoms with Crippen LogP contribution in [0.5, 0.6) is 0 Å². The van der Waals surface area contributed by atoms with E-state index in [1.54, 1.807) is 22.7 Å². The zero-order valence-corrected chi connectivity index (χ0v) is 18.6. The van der Waals surface area contributed by atoms with Crippen LogP contribution in [0.4, 0.5) is 0 Å². The summed E-state index contributed by atoms with van der Waals surface area (Å²) in [5.74, 6) is 0.144. The average molecular weight is 471 g/mol. The van der Waals surface area contributed by atoms with Crippen LogP contribution in [0.15, 0.2) is 21.3 Å². The lowest BCUT2D eigenvalue weighted by molar-refractivity contribution is -0.132. The summed E-state index contributed by atoms with van der Waals surface area (Å²) in [6.45, 7) is 7.06. The van der Waals surface area contributed by atoms with E-state index in [0.29, 0.717) is 26.1 Å². The van der Waals surface area contributed by atoms with E-state index in [0.717, 1.165) is 33.1 Å². The first-order valence-electron chi connectivity index (χ1n) is 8.89. The molecule has 1 aliphatic rings. The normalized spacial score (nSPS) is 15.3. The van der Waals surface area contributed by atoms with Crippen molar-refractivity contribution in [2.75, 3.05) is 32.7 Å². The summed E-state index contributed by atoms with van der Waals surface area (Å²) in [7, 11) is 0. The molecule has 2 aromatic rings. The number of hydrogen-bond acceptors (Lipinski definition) is 6. The molecule has 1 N–H and O–H groups in total. The number of thiophene rings is 1. The van der Waals surface area contributed by atoms with E-state index in [9.17, 15) is 9.59 Å². The lowest BCUT2D eigenvalue weighted by atomic mass is 10.2. The Morgan fingerprint density at radius 1 is 1.22 bits per heavy atom. The molecule has 1 aliphatic heterocycles. The molecule has 0 radical (unpaired) electrons. The molecule has 1 saturated heterocycles. The first kappa shape index (κ1) is 20.4. The summed E-state index contributed by atoms with van der Waals surface area (Å²) in [5, 5.41) is 7.85. The van der Waals surface area contributed by atoms with E-state index < -0.39 is 0 Å². The van der Waals surface area contributed by atoms with Crippen LogP contribution in [-0.2, 0) is 16.0 Å². The SMILES string of the molecule is CC(C)NC(=O)CN1CCN(C(=O)Cc2csc(-c3cc(Br)cs3)n2)CC1. The van der Waals surface area contributed by atoms with Gasteiger partial charge in [-0.25, -0.2) is 4.98 Å². The van der Waals surface area contributed by atoms with Crippen molar-refractivity contribution in [3.05, 3.63) is 27.0 Å². The quantitative estimate of drug-likeness (QED) is 0.704. The van der Waals surface area contributed by atoms with Crippen LogP contribution in [0, 0.1) is 0 Å². The highest BCUT2D eigenvalue weighted by molar-refractivity contribution is 9.10. The zero-order chi connectivity index (χ0) is 19.4. The van der Waals surface area contributed by atoms with E-state index in [4.69, 9.17) is 0 Å². The van der Waals surface area contributed by atoms with Crippen molar-refractivity contribution in [1.82, 2.24) is 20.1 Å². The maximum absolute atomic E-state index is 12.6. The highest BCUT2D eigenvalue weighted by Crippen LogP contribution is 2.32. The fourth-order valence-corrected chi connectivity index (χ4v) is 5.25. The third-order valence-electron chi connectivity index (χ3n) is 4.20. The molecule has 0 aromatic carbocycles. The Bertz CT molecular complexity index is 797. The summed E-state index contributed by atoms with van der Waals surface area (Å²) in [6, 6.07) is 2.20. The minimum Gasteiger partial charge on any atom is -0.353 e. The maximum Gasteiger partial charge on any atom is 0.234 e. The molecular weight excluding hydrogens is 448 g/mol. The molecule has 9 heteroatoms. The van der Waals surface area contributed by atoms with Crippen LogP contribution in [0.1, 0.15) is 19.5 Å². The van der Waals surface area contributed by atoms with Gasteiger partial charge in [0.15, 0.2) is 0 Å². The number of amides is 2. The van der Waals surface area contributed by atoms with Crippen molar-refractivity contribution < 1.29 is 9.59 Å². The predicted octanol–water partition coefficient (Wildman–Crippen LogP) is 2.85. The van der Waals surface area contributed by atoms with Gasteiger partial charge in [0.05, 0.1) is 23.5 Å². The van der Waals surface area contributed by atoms with Gasteiger partial charge in [-0.2, -0.15) is 0 Å². The number of rotatable bonds is 6. The Hall–Kier alpha value is -1.29. The second-order valence-corrected chi connectivity index (χ2v) is 9.51. The first-order valence-corrected chi connectivity index (χ1v) is 11.4. The van der Waals surface area contributed by atoms with Gasteiger partial charge in [-0.15, -0.1) is 22.7 Å². The molecule has 1 fully saturated rings. The Morgan fingerprint density at radius 3 is 2.59 bits per heavy atom. The molecule has 146 valence electrons. The zero-order valence-electron chi connectivity index (χ0n) is 15.4. The highest BCUT2D eigenvalue weighted by atomic mass is 79.9. The van der Waals surface area contributed by atoms with Gasteiger partial charge in [0.25, 0.3) is 0 Å². The molecule has 3 rings (SSSR count). The smallest absolute Gasteiger partial charge is 0.234 e. The van der Waals surface area contributed by atoms with Crippen molar-refractivity contribution in [2.45, 2.75) is 26.3 Å². The standard InChI is InChI=1S/C18H23BrN4O2S2/c1-12(2)20-16(24)9-22-3-5-23(6-4-22)17(25)8-14-11-27-18(21-14)15-7-13(19)10-26-15/h7,10-12H,3-6,8-9H2,1-2H3,(H,20,24). The minimum absolute atomic E-state index is 0.0417. The molecule has 0 atom stereocenters. The van der Waals surface area contributed by atoms with Crippen LogP contribution in [-0.4, -0.2) is 65.4 Å². The van der Waals surface area contributed by atoms with Crippen LogP contribution in [0.3, 0.4) is 0 Å². The molecule has 2 aromatic heterocycles. The summed E-state index contributed by atoms with van der Waals surface area (Å²) in [5.41, 5.74) is 0.822. The van der Waals surface area contributed by atoms with Crippen molar-refractivity contribution in [1.29, 1.82) is 0 Å². The minimum atomic E-state index is 0.0417. The largest absolute Gasteiger partial charge is 0.353 e. The van der Waals surface area contributed by atoms with Gasteiger partial charge in [0.2, 0.25) is 11.8 Å². The van der Waals surface area contributed by atoms with Gasteiger partial charge >= 0.3 is 0 Å². The number of carbonyl (C=O) groups is 2. The van der Waals surface area contributed by atoms with E-state index in [-0.39, 0.29) is 17.9 Å². The van der Waals surface area contributed by atoms with Crippen molar-refractivity contribution >= 4 is 50.4 Å². The van der Waals surface area contributed by atoms with E-state index in [2.05, 4.69) is 31.1 Å². The third kappa shape index (κ3) is 5.84. The van der Waals surface area contributed by atoms with E-state index in [1.165, 1.54) is 0 Å². The molecule has 27 heavy (non-hydrogen) atoms. The number of hydrogen-bond donors (Lipinski definition) is 1. The molecule has 0 bridgehead atoms. The molecule has 6 nitrogen and oxygen atoms in total. The van der Waals surface area contributed by atoms with E-state index >= 15 is 0 Å². The van der Waals surface area contributed by atoms with Gasteiger partial charge in [-0.1, -0.05) is 0 Å². The Kier molecular flexibility index (Phi) is 7.02. The molecule has 3 heterocycles. The molecule has 0 aliphatic carbocycles. The monoisotopic (exact) mass is 470 g/mol. The Morgan fingerprint density at radius 2 is 1.96 bits per heavy atom. The number of halogens is 1. The molecule has 0 saturated carbocycles. The molecular formula is C18H23BrN4O2S2. The summed E-state index contributed by atoms with van der Waals surface area (Å²) >= 11 is 6.67. The van der Waals surface area contributed by atoms with Gasteiger partial charge in [-0.05, 0) is 35.8 Å². The summed E-state index contributed by atoms with van der Waals surface area (Å²) in [4.78, 5) is 34.1. The second kappa shape index (κ2) is 9.27. The van der Waals surface area contributed by atoms with Gasteiger partial charge in [-0.3, -0.25) is 14.5 Å². The Balaban J connectivity index is 1.47. The maximum atomic E-state index is 12.6. The molecule has 0 spiro atoms. The fourth-order valence-electron chi connectivity index (χ4n) is 2.92. The van der Waals surface area contributed by atoms with E-state index in [1.807, 2.05) is 35.6 Å². The lowest BCUT2D eigenvalue weighted by Crippen LogP contribution is -2.51. The number of aromatic nitrogens is 1. The van der Waals surface area contributed by atoms with Crippen molar-refractivity contribution in [2.24, 2.45) is 0 Å². The van der Waals surface area contributed by atoms with Gasteiger partial charge in [0.1, 0.15) is 5.01 Å².